The molecule has 0 spiro atoms. The van der Waals surface area contributed by atoms with Gasteiger partial charge < -0.3 is 10.6 Å². The highest BCUT2D eigenvalue weighted by atomic mass is 19.4. The molecule has 0 unspecified atom stereocenters. The Morgan fingerprint density at radius 1 is 1.11 bits per heavy atom. The van der Waals surface area contributed by atoms with Crippen LogP contribution in [0.1, 0.15) is 36.6 Å². The fourth-order valence-corrected chi connectivity index (χ4v) is 3.83. The number of rotatable bonds is 3. The van der Waals surface area contributed by atoms with Gasteiger partial charge in [-0.1, -0.05) is 18.2 Å². The average Bonchev–Trinajstić information content (AvgIpc) is 2.69. The molecule has 0 amide bonds. The Morgan fingerprint density at radius 3 is 2.68 bits per heavy atom. The van der Waals surface area contributed by atoms with Gasteiger partial charge >= 0.3 is 6.18 Å². The zero-order valence-electron chi connectivity index (χ0n) is 15.7. The van der Waals surface area contributed by atoms with Crippen LogP contribution in [0.5, 0.6) is 0 Å². The van der Waals surface area contributed by atoms with Crippen molar-refractivity contribution in [2.45, 2.75) is 38.8 Å². The van der Waals surface area contributed by atoms with Crippen molar-refractivity contribution in [3.05, 3.63) is 58.5 Å². The first kappa shape index (κ1) is 18.8. The van der Waals surface area contributed by atoms with Gasteiger partial charge in [0.1, 0.15) is 5.82 Å². The lowest BCUT2D eigenvalue weighted by atomic mass is 9.92. The molecule has 2 aromatic rings. The quantitative estimate of drug-likeness (QED) is 0.728. The van der Waals surface area contributed by atoms with E-state index in [0.29, 0.717) is 12.4 Å². The molecule has 1 aromatic carbocycles. The van der Waals surface area contributed by atoms with Crippen LogP contribution in [-0.2, 0) is 19.0 Å². The molecule has 1 aromatic heterocycles. The number of aromatic nitrogens is 1. The molecule has 0 fully saturated rings. The van der Waals surface area contributed by atoms with E-state index in [9.17, 15) is 13.2 Å². The lowest BCUT2D eigenvalue weighted by Gasteiger charge is -2.26. The maximum Gasteiger partial charge on any atom is 0.417 e. The number of fused-ring (bicyclic) bond motifs is 1. The molecule has 0 saturated carbocycles. The predicted molar refractivity (Wildman–Crippen MR) is 104 cm³/mol. The van der Waals surface area contributed by atoms with Gasteiger partial charge in [0, 0.05) is 23.5 Å². The van der Waals surface area contributed by atoms with Gasteiger partial charge in [-0.3, -0.25) is 10.3 Å². The first-order chi connectivity index (χ1) is 13.4. The summed E-state index contributed by atoms with van der Waals surface area (Å²) in [4.78, 5) is 4.64. The lowest BCUT2D eigenvalue weighted by molar-refractivity contribution is -0.137. The van der Waals surface area contributed by atoms with Crippen LogP contribution >= 0.6 is 0 Å². The van der Waals surface area contributed by atoms with Crippen LogP contribution in [0.3, 0.4) is 0 Å². The zero-order valence-corrected chi connectivity index (χ0v) is 15.7. The monoisotopic (exact) mass is 388 g/mol. The topological polar surface area (TPSA) is 49.0 Å². The van der Waals surface area contributed by atoms with Gasteiger partial charge in [0.15, 0.2) is 0 Å². The second kappa shape index (κ2) is 7.47. The van der Waals surface area contributed by atoms with Crippen molar-refractivity contribution in [2.75, 3.05) is 18.5 Å². The van der Waals surface area contributed by atoms with Crippen LogP contribution in [0, 0.1) is 0 Å². The third-order valence-electron chi connectivity index (χ3n) is 5.28. The number of nitrogens with one attached hydrogen (secondary N) is 3. The first-order valence-corrected chi connectivity index (χ1v) is 9.54. The maximum atomic E-state index is 13.5. The van der Waals surface area contributed by atoms with E-state index in [1.165, 1.54) is 12.1 Å². The molecule has 148 valence electrons. The summed E-state index contributed by atoms with van der Waals surface area (Å²) in [6, 6.07) is 7.41. The van der Waals surface area contributed by atoms with Crippen molar-refractivity contribution in [1.82, 2.24) is 15.6 Å². The Hall–Kier alpha value is -2.54. The Balaban J connectivity index is 1.82. The molecule has 0 atom stereocenters. The van der Waals surface area contributed by atoms with Crippen LogP contribution in [0.2, 0.25) is 0 Å². The number of nitrogens with zero attached hydrogens (tertiary/aromatic N) is 1. The summed E-state index contributed by atoms with van der Waals surface area (Å²) in [5, 5.41) is 9.94. The number of hydrogen-bond acceptors (Lipinski definition) is 4. The fourth-order valence-electron chi connectivity index (χ4n) is 3.83. The third-order valence-corrected chi connectivity index (χ3v) is 5.28. The lowest BCUT2D eigenvalue weighted by Crippen LogP contribution is -2.38. The molecule has 28 heavy (non-hydrogen) atoms. The fraction of sp³-hybridized carbons (Fsp3) is 0.381. The summed E-state index contributed by atoms with van der Waals surface area (Å²) in [5.74, 6) is 0.910. The van der Waals surface area contributed by atoms with Crippen LogP contribution in [0.25, 0.3) is 11.3 Å². The molecule has 2 aliphatic rings. The van der Waals surface area contributed by atoms with Gasteiger partial charge in [0.05, 0.1) is 17.9 Å². The highest BCUT2D eigenvalue weighted by Crippen LogP contribution is 2.38. The van der Waals surface area contributed by atoms with Gasteiger partial charge in [0.25, 0.3) is 0 Å². The first-order valence-electron chi connectivity index (χ1n) is 9.54. The number of halogens is 3. The molecule has 0 saturated heterocycles. The van der Waals surface area contributed by atoms with Gasteiger partial charge in [-0.15, -0.1) is 0 Å². The molecular weight excluding hydrogens is 365 g/mol. The minimum absolute atomic E-state index is 0.121. The summed E-state index contributed by atoms with van der Waals surface area (Å²) in [6.45, 7) is 3.44. The molecule has 0 radical (unpaired) electrons. The molecular formula is C21H23F3N4. The number of alkyl halides is 3. The van der Waals surface area contributed by atoms with Gasteiger partial charge in [-0.25, -0.2) is 0 Å². The summed E-state index contributed by atoms with van der Waals surface area (Å²) in [6.07, 6.45) is -0.671. The summed E-state index contributed by atoms with van der Waals surface area (Å²) < 4.78 is 40.6. The molecule has 1 aliphatic carbocycles. The highest BCUT2D eigenvalue weighted by Gasteiger charge is 2.34. The van der Waals surface area contributed by atoms with E-state index >= 15 is 0 Å². The second-order valence-electron chi connectivity index (χ2n) is 7.29. The van der Waals surface area contributed by atoms with E-state index in [1.807, 2.05) is 6.92 Å². The van der Waals surface area contributed by atoms with Crippen LogP contribution in [0.4, 0.5) is 18.9 Å². The predicted octanol–water partition coefficient (Wildman–Crippen LogP) is 4.44. The molecule has 4 rings (SSSR count). The molecule has 4 nitrogen and oxygen atoms in total. The number of anilines is 1. The largest absolute Gasteiger partial charge is 0.417 e. The Kier molecular flexibility index (Phi) is 5.02. The Bertz CT molecular complexity index is 918. The van der Waals surface area contributed by atoms with Crippen molar-refractivity contribution < 1.29 is 13.2 Å². The minimum Gasteiger partial charge on any atom is -0.359 e. The maximum absolute atomic E-state index is 13.5. The molecule has 7 heteroatoms. The molecule has 2 heterocycles. The number of hydrogen-bond donors (Lipinski definition) is 3. The SMILES string of the molecule is CC1=C(Nc2cc(-c3ccccc3C(F)(F)F)nc3c2CCCC3)NCNC1. The van der Waals surface area contributed by atoms with Crippen molar-refractivity contribution in [3.63, 3.8) is 0 Å². The smallest absolute Gasteiger partial charge is 0.359 e. The van der Waals surface area contributed by atoms with Gasteiger partial charge in [-0.05, 0) is 55.9 Å². The van der Waals surface area contributed by atoms with E-state index in [4.69, 9.17) is 0 Å². The normalized spacial score (nSPS) is 17.1. The van der Waals surface area contributed by atoms with Crippen LogP contribution in [0.15, 0.2) is 41.7 Å². The average molecular weight is 388 g/mol. The van der Waals surface area contributed by atoms with Crippen molar-refractivity contribution >= 4 is 5.69 Å². The van der Waals surface area contributed by atoms with Crippen molar-refractivity contribution in [3.8, 4) is 11.3 Å². The molecule has 1 aliphatic heterocycles. The Morgan fingerprint density at radius 2 is 1.89 bits per heavy atom. The molecule has 3 N–H and O–H groups in total. The van der Waals surface area contributed by atoms with E-state index in [0.717, 1.165) is 66.6 Å². The molecule has 0 bridgehead atoms. The number of pyridine rings is 1. The van der Waals surface area contributed by atoms with E-state index in [1.54, 1.807) is 12.1 Å². The van der Waals surface area contributed by atoms with E-state index in [-0.39, 0.29) is 5.56 Å². The zero-order chi connectivity index (χ0) is 19.7. The van der Waals surface area contributed by atoms with Crippen LogP contribution < -0.4 is 16.0 Å². The summed E-state index contributed by atoms with van der Waals surface area (Å²) in [7, 11) is 0. The van der Waals surface area contributed by atoms with Crippen LogP contribution in [-0.4, -0.2) is 18.2 Å². The standard InChI is InChI=1S/C21H23F3N4/c1-13-11-25-12-26-20(13)28-19-10-18(27-17-9-5-3-7-15(17)19)14-6-2-4-8-16(14)21(22,23)24/h2,4,6,8,10,25-26H,3,5,7,9,11-12H2,1H3,(H,27,28). The van der Waals surface area contributed by atoms with Crippen molar-refractivity contribution in [1.29, 1.82) is 0 Å². The number of benzene rings is 1. The van der Waals surface area contributed by atoms with Gasteiger partial charge in [-0.2, -0.15) is 13.2 Å². The van der Waals surface area contributed by atoms with Crippen molar-refractivity contribution in [2.24, 2.45) is 0 Å². The van der Waals surface area contributed by atoms with E-state index < -0.39 is 11.7 Å². The number of aryl methyl sites for hydroxylation is 1. The minimum atomic E-state index is -4.42. The summed E-state index contributed by atoms with van der Waals surface area (Å²) >= 11 is 0. The Labute approximate surface area is 162 Å². The van der Waals surface area contributed by atoms with E-state index in [2.05, 4.69) is 20.9 Å². The second-order valence-corrected chi connectivity index (χ2v) is 7.29. The highest BCUT2D eigenvalue weighted by molar-refractivity contribution is 5.71. The van der Waals surface area contributed by atoms with Gasteiger partial charge in [0.2, 0.25) is 0 Å². The third kappa shape index (κ3) is 3.71. The summed E-state index contributed by atoms with van der Waals surface area (Å²) in [5.41, 5.74) is 3.82.